The van der Waals surface area contributed by atoms with Crippen molar-refractivity contribution in [3.63, 3.8) is 0 Å². The third-order valence-electron chi connectivity index (χ3n) is 5.40. The zero-order chi connectivity index (χ0) is 15.7. The summed E-state index contributed by atoms with van der Waals surface area (Å²) in [4.78, 5) is 26.1. The zero-order valence-corrected chi connectivity index (χ0v) is 13.8. The highest BCUT2D eigenvalue weighted by Crippen LogP contribution is 2.32. The van der Waals surface area contributed by atoms with Crippen molar-refractivity contribution in [2.24, 2.45) is 11.8 Å². The lowest BCUT2D eigenvalue weighted by molar-refractivity contribution is -0.133. The van der Waals surface area contributed by atoms with Crippen LogP contribution in [0.5, 0.6) is 0 Å². The molecule has 3 saturated heterocycles. The highest BCUT2D eigenvalue weighted by Gasteiger charge is 2.35. The van der Waals surface area contributed by atoms with Crippen molar-refractivity contribution in [1.82, 2.24) is 15.5 Å². The summed E-state index contributed by atoms with van der Waals surface area (Å²) < 4.78 is 0. The van der Waals surface area contributed by atoms with Crippen molar-refractivity contribution in [1.29, 1.82) is 0 Å². The van der Waals surface area contributed by atoms with Crippen molar-refractivity contribution in [2.75, 3.05) is 13.1 Å². The van der Waals surface area contributed by atoms with Gasteiger partial charge >= 0.3 is 0 Å². The van der Waals surface area contributed by atoms with Crippen LogP contribution in [0.2, 0.25) is 0 Å². The Bertz CT molecular complexity index is 426. The molecular weight excluding hydrogens is 278 g/mol. The molecule has 1 unspecified atom stereocenters. The van der Waals surface area contributed by atoms with Crippen molar-refractivity contribution < 1.29 is 9.59 Å². The molecule has 0 aromatic rings. The number of carbonyl (C=O) groups excluding carboxylic acids is 2. The van der Waals surface area contributed by atoms with Crippen molar-refractivity contribution in [3.8, 4) is 0 Å². The molecule has 3 fully saturated rings. The molecule has 5 nitrogen and oxygen atoms in total. The average Bonchev–Trinajstić information content (AvgIpc) is 3.04. The molecule has 4 atom stereocenters. The van der Waals surface area contributed by atoms with Gasteiger partial charge in [-0.3, -0.25) is 9.59 Å². The lowest BCUT2D eigenvalue weighted by atomic mass is 9.89. The van der Waals surface area contributed by atoms with E-state index < -0.39 is 0 Å². The number of likely N-dealkylation sites (tertiary alicyclic amines) is 1. The van der Waals surface area contributed by atoms with Crippen LogP contribution in [-0.4, -0.2) is 47.9 Å². The summed E-state index contributed by atoms with van der Waals surface area (Å²) in [5.41, 5.74) is 0. The van der Waals surface area contributed by atoms with Crippen molar-refractivity contribution in [2.45, 2.75) is 70.5 Å². The molecule has 3 heterocycles. The first kappa shape index (κ1) is 15.8. The normalized spacial score (nSPS) is 34.2. The number of rotatable bonds is 4. The van der Waals surface area contributed by atoms with E-state index in [0.717, 1.165) is 25.8 Å². The highest BCUT2D eigenvalue weighted by atomic mass is 16.2. The first-order chi connectivity index (χ1) is 10.5. The van der Waals surface area contributed by atoms with Gasteiger partial charge in [-0.25, -0.2) is 0 Å². The van der Waals surface area contributed by atoms with E-state index in [1.807, 2.05) is 18.7 Å². The Morgan fingerprint density at radius 3 is 2.50 bits per heavy atom. The van der Waals surface area contributed by atoms with Crippen molar-refractivity contribution >= 4 is 11.8 Å². The molecule has 3 aliphatic heterocycles. The number of piperidine rings is 1. The van der Waals surface area contributed by atoms with Gasteiger partial charge in [0.2, 0.25) is 11.8 Å². The third-order valence-corrected chi connectivity index (χ3v) is 5.40. The van der Waals surface area contributed by atoms with Gasteiger partial charge in [0.05, 0.1) is 0 Å². The molecule has 124 valence electrons. The Kier molecular flexibility index (Phi) is 4.71. The maximum atomic E-state index is 12.3. The Balaban J connectivity index is 1.42. The van der Waals surface area contributed by atoms with Gasteiger partial charge < -0.3 is 15.5 Å². The molecule has 0 aromatic carbocycles. The first-order valence-corrected chi connectivity index (χ1v) is 8.85. The predicted octanol–water partition coefficient (Wildman–Crippen LogP) is 1.28. The van der Waals surface area contributed by atoms with E-state index in [9.17, 15) is 9.59 Å². The fourth-order valence-corrected chi connectivity index (χ4v) is 4.33. The summed E-state index contributed by atoms with van der Waals surface area (Å²) in [6.45, 7) is 5.32. The zero-order valence-electron chi connectivity index (χ0n) is 13.8. The van der Waals surface area contributed by atoms with Gasteiger partial charge in [-0.05, 0) is 38.0 Å². The minimum Gasteiger partial charge on any atom is -0.352 e. The quantitative estimate of drug-likeness (QED) is 0.822. The number of nitrogens with zero attached hydrogens (tertiary/aromatic N) is 1. The van der Waals surface area contributed by atoms with Crippen LogP contribution in [-0.2, 0) is 9.59 Å². The van der Waals surface area contributed by atoms with Gasteiger partial charge in [-0.15, -0.1) is 0 Å². The molecule has 22 heavy (non-hydrogen) atoms. The molecule has 5 heteroatoms. The Morgan fingerprint density at radius 2 is 1.86 bits per heavy atom. The van der Waals surface area contributed by atoms with E-state index in [0.29, 0.717) is 31.0 Å². The maximum Gasteiger partial charge on any atom is 0.225 e. The summed E-state index contributed by atoms with van der Waals surface area (Å²) in [5, 5.41) is 6.77. The smallest absolute Gasteiger partial charge is 0.225 e. The molecule has 0 spiro atoms. The Hall–Kier alpha value is -1.10. The highest BCUT2D eigenvalue weighted by molar-refractivity contribution is 5.79. The minimum atomic E-state index is 0.0414. The lowest BCUT2D eigenvalue weighted by Crippen LogP contribution is -2.42. The summed E-state index contributed by atoms with van der Waals surface area (Å²) in [7, 11) is 0. The lowest BCUT2D eigenvalue weighted by Gasteiger charge is -2.29. The fraction of sp³-hybridized carbons (Fsp3) is 0.882. The van der Waals surface area contributed by atoms with E-state index in [1.165, 1.54) is 12.8 Å². The van der Waals surface area contributed by atoms with Crippen LogP contribution in [0.4, 0.5) is 0 Å². The van der Waals surface area contributed by atoms with Crippen LogP contribution >= 0.6 is 0 Å². The van der Waals surface area contributed by atoms with Crippen LogP contribution in [0.15, 0.2) is 0 Å². The second-order valence-electron chi connectivity index (χ2n) is 7.67. The van der Waals surface area contributed by atoms with Gasteiger partial charge in [0.25, 0.3) is 0 Å². The van der Waals surface area contributed by atoms with Crippen LogP contribution in [0.25, 0.3) is 0 Å². The molecule has 0 radical (unpaired) electrons. The summed E-state index contributed by atoms with van der Waals surface area (Å²) in [6, 6.07) is 1.43. The van der Waals surface area contributed by atoms with E-state index in [2.05, 4.69) is 10.6 Å². The van der Waals surface area contributed by atoms with Crippen LogP contribution in [0, 0.1) is 11.8 Å². The topological polar surface area (TPSA) is 61.4 Å². The summed E-state index contributed by atoms with van der Waals surface area (Å²) in [6.07, 6.45) is 6.39. The molecule has 3 aliphatic rings. The average molecular weight is 307 g/mol. The van der Waals surface area contributed by atoms with Crippen LogP contribution in [0.1, 0.15) is 52.4 Å². The van der Waals surface area contributed by atoms with E-state index >= 15 is 0 Å². The largest absolute Gasteiger partial charge is 0.352 e. The summed E-state index contributed by atoms with van der Waals surface area (Å²) in [5.74, 6) is 0.954. The second-order valence-corrected chi connectivity index (χ2v) is 7.67. The van der Waals surface area contributed by atoms with Crippen molar-refractivity contribution in [3.05, 3.63) is 0 Å². The first-order valence-electron chi connectivity index (χ1n) is 8.85. The molecule has 2 amide bonds. The Labute approximate surface area is 133 Å². The number of hydrogen-bond donors (Lipinski definition) is 2. The van der Waals surface area contributed by atoms with Gasteiger partial charge in [-0.2, -0.15) is 0 Å². The standard InChI is InChI=1S/C17H29N3O2/c1-11(2)17(22)20-6-5-15(10-20)19-16(21)9-12-7-13-3-4-14(8-12)18-13/h11-15,18H,3-10H2,1-2H3,(H,19,21)/t12?,13-,14+,15-/m0/s1. The fourth-order valence-electron chi connectivity index (χ4n) is 4.33. The van der Waals surface area contributed by atoms with Gasteiger partial charge in [0, 0.05) is 43.6 Å². The molecule has 0 aromatic heterocycles. The van der Waals surface area contributed by atoms with Gasteiger partial charge in [0.15, 0.2) is 0 Å². The second kappa shape index (κ2) is 6.57. The molecular formula is C17H29N3O2. The van der Waals surface area contributed by atoms with E-state index in [1.54, 1.807) is 0 Å². The van der Waals surface area contributed by atoms with E-state index in [-0.39, 0.29) is 23.8 Å². The van der Waals surface area contributed by atoms with Crippen LogP contribution in [0.3, 0.4) is 0 Å². The van der Waals surface area contributed by atoms with Gasteiger partial charge in [0.1, 0.15) is 0 Å². The number of amides is 2. The van der Waals surface area contributed by atoms with Gasteiger partial charge in [-0.1, -0.05) is 13.8 Å². The Morgan fingerprint density at radius 1 is 1.18 bits per heavy atom. The minimum absolute atomic E-state index is 0.0414. The number of nitrogens with one attached hydrogen (secondary N) is 2. The molecule has 2 N–H and O–H groups in total. The maximum absolute atomic E-state index is 12.3. The van der Waals surface area contributed by atoms with E-state index in [4.69, 9.17) is 0 Å². The van der Waals surface area contributed by atoms with Crippen LogP contribution < -0.4 is 10.6 Å². The monoisotopic (exact) mass is 307 g/mol. The number of carbonyl (C=O) groups is 2. The third kappa shape index (κ3) is 3.62. The molecule has 0 saturated carbocycles. The predicted molar refractivity (Wildman–Crippen MR) is 85.3 cm³/mol. The summed E-state index contributed by atoms with van der Waals surface area (Å²) >= 11 is 0. The number of fused-ring (bicyclic) bond motifs is 2. The number of hydrogen-bond acceptors (Lipinski definition) is 3. The molecule has 2 bridgehead atoms. The molecule has 0 aliphatic carbocycles. The SMILES string of the molecule is CC(C)C(=O)N1CC[C@H](NC(=O)CC2C[C@H]3CC[C@@H](C2)N3)C1. The molecule has 3 rings (SSSR count).